The Bertz CT molecular complexity index is 935. The number of nitrogens with one attached hydrogen (secondary N) is 1. The number of hydrogen-bond acceptors (Lipinski definition) is 5. The minimum absolute atomic E-state index is 0.0829. The summed E-state index contributed by atoms with van der Waals surface area (Å²) in [6, 6.07) is 3.70. The first kappa shape index (κ1) is 14.3. The normalized spacial score (nSPS) is 11.9. The molecule has 10 heteroatoms. The van der Waals surface area contributed by atoms with Crippen LogP contribution in [0, 0.1) is 5.82 Å². The number of aromatic nitrogens is 2. The van der Waals surface area contributed by atoms with Crippen molar-refractivity contribution >= 4 is 53.8 Å². The van der Waals surface area contributed by atoms with Crippen LogP contribution in [0.1, 0.15) is 0 Å². The maximum atomic E-state index is 13.3. The lowest BCUT2D eigenvalue weighted by atomic mass is 10.3. The van der Waals surface area contributed by atoms with E-state index in [9.17, 15) is 12.8 Å². The van der Waals surface area contributed by atoms with Crippen LogP contribution in [0.15, 0.2) is 39.3 Å². The number of benzene rings is 1. The van der Waals surface area contributed by atoms with Gasteiger partial charge in [-0.2, -0.15) is 8.42 Å². The molecule has 3 aromatic rings. The summed E-state index contributed by atoms with van der Waals surface area (Å²) in [5.41, 5.74) is 5.76. The lowest BCUT2D eigenvalue weighted by Gasteiger charge is -2.09. The zero-order valence-electron chi connectivity index (χ0n) is 10.2. The van der Waals surface area contributed by atoms with Gasteiger partial charge in [0.2, 0.25) is 5.03 Å². The largest absolute Gasteiger partial charge is 0.381 e. The Morgan fingerprint density at radius 2 is 2.19 bits per heavy atom. The SMILES string of the molecule is Nc1nc2sccn2c1S(=O)(=O)Nc1cc(F)ccc1Br. The Kier molecular flexibility index (Phi) is 3.38. The standard InChI is InChI=1S/C11H8BrFN4O2S2/c12-7-2-1-6(13)5-8(7)16-21(18,19)10-9(14)15-11-17(10)3-4-20-11/h1-5,16H,14H2. The summed E-state index contributed by atoms with van der Waals surface area (Å²) in [6.07, 6.45) is 1.55. The van der Waals surface area contributed by atoms with Gasteiger partial charge in [0.05, 0.1) is 5.69 Å². The maximum Gasteiger partial charge on any atom is 0.281 e. The van der Waals surface area contributed by atoms with Gasteiger partial charge in [-0.05, 0) is 34.1 Å². The molecule has 0 aliphatic rings. The Morgan fingerprint density at radius 1 is 1.43 bits per heavy atom. The van der Waals surface area contributed by atoms with Gasteiger partial charge in [-0.3, -0.25) is 9.12 Å². The van der Waals surface area contributed by atoms with Gasteiger partial charge in [0.25, 0.3) is 10.0 Å². The molecule has 3 rings (SSSR count). The van der Waals surface area contributed by atoms with E-state index in [1.807, 2.05) is 0 Å². The third kappa shape index (κ3) is 2.49. The van der Waals surface area contributed by atoms with Gasteiger partial charge in [0, 0.05) is 16.0 Å². The molecule has 0 aliphatic carbocycles. The molecule has 0 unspecified atom stereocenters. The fourth-order valence-corrected chi connectivity index (χ4v) is 4.36. The number of nitrogens with two attached hydrogens (primary N) is 1. The Labute approximate surface area is 131 Å². The molecule has 3 N–H and O–H groups in total. The first-order chi connectivity index (χ1) is 9.88. The van der Waals surface area contributed by atoms with Crippen molar-refractivity contribution in [3.05, 3.63) is 40.1 Å². The predicted molar refractivity (Wildman–Crippen MR) is 82.4 cm³/mol. The molecular weight excluding hydrogens is 383 g/mol. The minimum Gasteiger partial charge on any atom is -0.381 e. The topological polar surface area (TPSA) is 89.5 Å². The van der Waals surface area contributed by atoms with E-state index in [4.69, 9.17) is 5.73 Å². The van der Waals surface area contributed by atoms with E-state index in [-0.39, 0.29) is 16.5 Å². The number of rotatable bonds is 3. The van der Waals surface area contributed by atoms with Crippen LogP contribution in [0.2, 0.25) is 0 Å². The van der Waals surface area contributed by atoms with Crippen molar-refractivity contribution in [1.82, 2.24) is 9.38 Å². The Morgan fingerprint density at radius 3 is 2.95 bits per heavy atom. The number of thiazole rings is 1. The number of imidazole rings is 1. The van der Waals surface area contributed by atoms with Crippen LogP contribution in [0.3, 0.4) is 0 Å². The zero-order chi connectivity index (χ0) is 15.2. The van der Waals surface area contributed by atoms with E-state index in [1.165, 1.54) is 27.9 Å². The highest BCUT2D eigenvalue weighted by molar-refractivity contribution is 9.10. The molecule has 0 radical (unpaired) electrons. The molecular formula is C11H8BrFN4O2S2. The van der Waals surface area contributed by atoms with Gasteiger partial charge in [-0.1, -0.05) is 0 Å². The van der Waals surface area contributed by atoms with Crippen LogP contribution in [-0.4, -0.2) is 17.8 Å². The first-order valence-corrected chi connectivity index (χ1v) is 8.73. The quantitative estimate of drug-likeness (QED) is 0.719. The summed E-state index contributed by atoms with van der Waals surface area (Å²) in [5.74, 6) is -0.667. The summed E-state index contributed by atoms with van der Waals surface area (Å²) in [6.45, 7) is 0. The number of nitrogens with zero attached hydrogens (tertiary/aromatic N) is 2. The minimum atomic E-state index is -4.00. The van der Waals surface area contributed by atoms with Crippen LogP contribution in [-0.2, 0) is 10.0 Å². The predicted octanol–water partition coefficient (Wildman–Crippen LogP) is 2.68. The smallest absolute Gasteiger partial charge is 0.281 e. The highest BCUT2D eigenvalue weighted by atomic mass is 79.9. The maximum absolute atomic E-state index is 13.3. The van der Waals surface area contributed by atoms with Gasteiger partial charge in [0.1, 0.15) is 5.82 Å². The average Bonchev–Trinajstić information content (AvgIpc) is 2.92. The van der Waals surface area contributed by atoms with E-state index in [0.29, 0.717) is 9.43 Å². The van der Waals surface area contributed by atoms with Gasteiger partial charge in [-0.25, -0.2) is 9.37 Å². The molecule has 2 aromatic heterocycles. The second-order valence-electron chi connectivity index (χ2n) is 4.09. The summed E-state index contributed by atoms with van der Waals surface area (Å²) >= 11 is 4.42. The van der Waals surface area contributed by atoms with E-state index in [2.05, 4.69) is 25.6 Å². The Hall–Kier alpha value is -1.65. The van der Waals surface area contributed by atoms with E-state index in [1.54, 1.807) is 11.6 Å². The monoisotopic (exact) mass is 390 g/mol. The molecule has 0 amide bonds. The highest BCUT2D eigenvalue weighted by Gasteiger charge is 2.25. The summed E-state index contributed by atoms with van der Waals surface area (Å²) in [5, 5.41) is 1.52. The molecule has 0 bridgehead atoms. The fraction of sp³-hybridized carbons (Fsp3) is 0. The molecule has 0 saturated carbocycles. The lowest BCUT2D eigenvalue weighted by molar-refractivity contribution is 0.597. The van der Waals surface area contributed by atoms with Crippen molar-refractivity contribution < 1.29 is 12.8 Å². The molecule has 0 saturated heterocycles. The lowest BCUT2D eigenvalue weighted by Crippen LogP contribution is -2.16. The van der Waals surface area contributed by atoms with Crippen molar-refractivity contribution in [3.8, 4) is 0 Å². The Balaban J connectivity index is 2.10. The van der Waals surface area contributed by atoms with Gasteiger partial charge < -0.3 is 5.73 Å². The molecule has 0 spiro atoms. The van der Waals surface area contributed by atoms with Crippen LogP contribution in [0.25, 0.3) is 4.96 Å². The molecule has 2 heterocycles. The summed E-state index contributed by atoms with van der Waals surface area (Å²) in [4.78, 5) is 4.44. The van der Waals surface area contributed by atoms with Crippen molar-refractivity contribution in [2.75, 3.05) is 10.5 Å². The van der Waals surface area contributed by atoms with Gasteiger partial charge in [-0.15, -0.1) is 11.3 Å². The van der Waals surface area contributed by atoms with Crippen molar-refractivity contribution in [3.63, 3.8) is 0 Å². The van der Waals surface area contributed by atoms with E-state index < -0.39 is 15.8 Å². The van der Waals surface area contributed by atoms with Crippen LogP contribution >= 0.6 is 27.3 Å². The van der Waals surface area contributed by atoms with Crippen LogP contribution < -0.4 is 10.5 Å². The highest BCUT2D eigenvalue weighted by Crippen LogP contribution is 2.29. The van der Waals surface area contributed by atoms with Crippen molar-refractivity contribution in [2.24, 2.45) is 0 Å². The van der Waals surface area contributed by atoms with Crippen LogP contribution in [0.5, 0.6) is 0 Å². The molecule has 110 valence electrons. The number of hydrogen-bond donors (Lipinski definition) is 2. The van der Waals surface area contributed by atoms with E-state index in [0.717, 1.165) is 6.07 Å². The number of nitrogen functional groups attached to an aromatic ring is 1. The average molecular weight is 391 g/mol. The molecule has 0 aliphatic heterocycles. The van der Waals surface area contributed by atoms with Crippen molar-refractivity contribution in [1.29, 1.82) is 0 Å². The van der Waals surface area contributed by atoms with Gasteiger partial charge >= 0.3 is 0 Å². The first-order valence-electron chi connectivity index (χ1n) is 5.57. The summed E-state index contributed by atoms with van der Waals surface area (Å²) in [7, 11) is -4.00. The molecule has 0 atom stereocenters. The molecule has 21 heavy (non-hydrogen) atoms. The number of fused-ring (bicyclic) bond motifs is 1. The van der Waals surface area contributed by atoms with E-state index >= 15 is 0 Å². The third-order valence-corrected chi connectivity index (χ3v) is 5.52. The number of sulfonamides is 1. The number of halogens is 2. The molecule has 0 fully saturated rings. The second-order valence-corrected chi connectivity index (χ2v) is 7.41. The zero-order valence-corrected chi connectivity index (χ0v) is 13.5. The third-order valence-electron chi connectivity index (χ3n) is 2.67. The molecule has 6 nitrogen and oxygen atoms in total. The van der Waals surface area contributed by atoms with Crippen LogP contribution in [0.4, 0.5) is 15.9 Å². The van der Waals surface area contributed by atoms with Crippen molar-refractivity contribution in [2.45, 2.75) is 5.03 Å². The second kappa shape index (κ2) is 4.97. The van der Waals surface area contributed by atoms with Gasteiger partial charge in [0.15, 0.2) is 10.8 Å². The summed E-state index contributed by atoms with van der Waals surface area (Å²) < 4.78 is 42.3. The fourth-order valence-electron chi connectivity index (χ4n) is 1.82. The molecule has 1 aromatic carbocycles. The number of anilines is 2.